The van der Waals surface area contributed by atoms with E-state index in [1.165, 1.54) is 5.48 Å². The standard InChI is InChI=1S/C23H27N3O4/c1-4-30-15-18-9-7-16(8-10-18)5-6-17-11-13-19(14-12-17)21(27)25-20(22(28)26-29)23(2,3)24/h7-14,20,29H,4,15,24H2,1-3H3,(H,25,27)(H,26,28)/t20-/m1/s1. The second-order valence-corrected chi connectivity index (χ2v) is 7.37. The minimum atomic E-state index is -1.10. The highest BCUT2D eigenvalue weighted by molar-refractivity contribution is 5.97. The van der Waals surface area contributed by atoms with Gasteiger partial charge in [-0.05, 0) is 62.7 Å². The summed E-state index contributed by atoms with van der Waals surface area (Å²) in [5.74, 6) is 4.86. The van der Waals surface area contributed by atoms with Gasteiger partial charge >= 0.3 is 0 Å². The number of ether oxygens (including phenoxy) is 1. The van der Waals surface area contributed by atoms with Crippen LogP contribution in [-0.4, -0.2) is 35.2 Å². The van der Waals surface area contributed by atoms with E-state index in [0.29, 0.717) is 18.8 Å². The first-order chi connectivity index (χ1) is 14.2. The minimum absolute atomic E-state index is 0.348. The summed E-state index contributed by atoms with van der Waals surface area (Å²) >= 11 is 0. The van der Waals surface area contributed by atoms with Gasteiger partial charge < -0.3 is 15.8 Å². The highest BCUT2D eigenvalue weighted by atomic mass is 16.5. The molecule has 0 saturated heterocycles. The lowest BCUT2D eigenvalue weighted by Gasteiger charge is -2.29. The van der Waals surface area contributed by atoms with E-state index in [2.05, 4.69) is 17.2 Å². The number of hydrogen-bond donors (Lipinski definition) is 4. The first-order valence-corrected chi connectivity index (χ1v) is 9.57. The lowest BCUT2D eigenvalue weighted by atomic mass is 9.95. The topological polar surface area (TPSA) is 114 Å². The summed E-state index contributed by atoms with van der Waals surface area (Å²) in [5.41, 5.74) is 9.44. The second kappa shape index (κ2) is 10.6. The highest BCUT2D eigenvalue weighted by Crippen LogP contribution is 2.09. The van der Waals surface area contributed by atoms with Crippen molar-refractivity contribution in [1.82, 2.24) is 10.8 Å². The molecule has 30 heavy (non-hydrogen) atoms. The Kier molecular flexibility index (Phi) is 8.13. The van der Waals surface area contributed by atoms with E-state index in [4.69, 9.17) is 15.7 Å². The summed E-state index contributed by atoms with van der Waals surface area (Å²) < 4.78 is 5.37. The molecule has 0 radical (unpaired) electrons. The molecule has 0 heterocycles. The Balaban J connectivity index is 2.05. The van der Waals surface area contributed by atoms with E-state index in [9.17, 15) is 9.59 Å². The smallest absolute Gasteiger partial charge is 0.267 e. The molecule has 2 aromatic rings. The van der Waals surface area contributed by atoms with Crippen molar-refractivity contribution in [2.24, 2.45) is 5.73 Å². The molecule has 0 aliphatic carbocycles. The molecule has 0 fully saturated rings. The van der Waals surface area contributed by atoms with Crippen molar-refractivity contribution < 1.29 is 19.5 Å². The van der Waals surface area contributed by atoms with Gasteiger partial charge in [-0.15, -0.1) is 0 Å². The zero-order chi connectivity index (χ0) is 22.1. The van der Waals surface area contributed by atoms with Crippen LogP contribution in [0.3, 0.4) is 0 Å². The summed E-state index contributed by atoms with van der Waals surface area (Å²) in [4.78, 5) is 24.2. The molecular formula is C23H27N3O4. The largest absolute Gasteiger partial charge is 0.377 e. The maximum Gasteiger partial charge on any atom is 0.267 e. The number of rotatable bonds is 7. The number of carbonyl (C=O) groups excluding carboxylic acids is 2. The van der Waals surface area contributed by atoms with Crippen LogP contribution in [0.15, 0.2) is 48.5 Å². The molecule has 2 rings (SSSR count). The molecule has 1 atom stereocenters. The van der Waals surface area contributed by atoms with E-state index in [1.54, 1.807) is 38.1 Å². The maximum absolute atomic E-state index is 12.4. The molecule has 5 N–H and O–H groups in total. The Morgan fingerprint density at radius 2 is 1.60 bits per heavy atom. The number of benzene rings is 2. The average Bonchev–Trinajstić information content (AvgIpc) is 2.74. The Hall–Kier alpha value is -3.18. The summed E-state index contributed by atoms with van der Waals surface area (Å²) in [7, 11) is 0. The Morgan fingerprint density at radius 1 is 1.07 bits per heavy atom. The van der Waals surface area contributed by atoms with Gasteiger partial charge in [0.15, 0.2) is 0 Å². The minimum Gasteiger partial charge on any atom is -0.377 e. The van der Waals surface area contributed by atoms with Gasteiger partial charge in [-0.2, -0.15) is 0 Å². The fourth-order valence-electron chi connectivity index (χ4n) is 2.62. The third-order valence-corrected chi connectivity index (χ3v) is 4.32. The molecule has 2 amide bonds. The Morgan fingerprint density at radius 3 is 2.07 bits per heavy atom. The van der Waals surface area contributed by atoms with Gasteiger partial charge in [0.05, 0.1) is 6.61 Å². The zero-order valence-electron chi connectivity index (χ0n) is 17.4. The van der Waals surface area contributed by atoms with Crippen molar-refractivity contribution in [2.75, 3.05) is 6.61 Å². The normalized spacial score (nSPS) is 11.8. The van der Waals surface area contributed by atoms with E-state index in [1.807, 2.05) is 31.2 Å². The summed E-state index contributed by atoms with van der Waals surface area (Å²) in [6, 6.07) is 13.4. The average molecular weight is 409 g/mol. The fourth-order valence-corrected chi connectivity index (χ4v) is 2.62. The van der Waals surface area contributed by atoms with Gasteiger partial charge in [-0.1, -0.05) is 24.0 Å². The van der Waals surface area contributed by atoms with E-state index in [-0.39, 0.29) is 0 Å². The number of nitrogens with two attached hydrogens (primary N) is 1. The molecule has 0 aliphatic heterocycles. The predicted octanol–water partition coefficient (Wildman–Crippen LogP) is 1.96. The number of nitrogens with one attached hydrogen (secondary N) is 2. The van der Waals surface area contributed by atoms with Crippen LogP contribution in [0.1, 0.15) is 47.8 Å². The van der Waals surface area contributed by atoms with Crippen molar-refractivity contribution in [3.8, 4) is 11.8 Å². The van der Waals surface area contributed by atoms with Crippen molar-refractivity contribution in [3.63, 3.8) is 0 Å². The Bertz CT molecular complexity index is 920. The second-order valence-electron chi connectivity index (χ2n) is 7.37. The summed E-state index contributed by atoms with van der Waals surface area (Å²) in [5, 5.41) is 11.4. The summed E-state index contributed by atoms with van der Waals surface area (Å²) in [6.45, 7) is 6.37. The lowest BCUT2D eigenvalue weighted by Crippen LogP contribution is -2.61. The van der Waals surface area contributed by atoms with Gasteiger partial charge in [-0.25, -0.2) is 5.48 Å². The van der Waals surface area contributed by atoms with Crippen LogP contribution in [0.2, 0.25) is 0 Å². The van der Waals surface area contributed by atoms with Crippen LogP contribution in [0.4, 0.5) is 0 Å². The molecule has 0 aromatic heterocycles. The number of hydroxylamine groups is 1. The molecule has 158 valence electrons. The van der Waals surface area contributed by atoms with E-state index in [0.717, 1.165) is 16.7 Å². The SMILES string of the molecule is CCOCc1ccc(C#Cc2ccc(C(=O)N[C@H](C(=O)NO)C(C)(C)N)cc2)cc1. The maximum atomic E-state index is 12.4. The van der Waals surface area contributed by atoms with Gasteiger partial charge in [-0.3, -0.25) is 14.8 Å². The molecular weight excluding hydrogens is 382 g/mol. The van der Waals surface area contributed by atoms with E-state index >= 15 is 0 Å². The van der Waals surface area contributed by atoms with Crippen molar-refractivity contribution in [3.05, 3.63) is 70.8 Å². The Labute approximate surface area is 176 Å². The monoisotopic (exact) mass is 409 g/mol. The van der Waals surface area contributed by atoms with Crippen LogP contribution in [0.5, 0.6) is 0 Å². The first-order valence-electron chi connectivity index (χ1n) is 9.57. The van der Waals surface area contributed by atoms with Gasteiger partial charge in [0.1, 0.15) is 6.04 Å². The molecule has 0 unspecified atom stereocenters. The number of hydrogen-bond acceptors (Lipinski definition) is 5. The first kappa shape index (κ1) is 23.1. The van der Waals surface area contributed by atoms with Crippen LogP contribution < -0.4 is 16.5 Å². The van der Waals surface area contributed by atoms with E-state index < -0.39 is 23.4 Å². The molecule has 2 aromatic carbocycles. The van der Waals surface area contributed by atoms with Crippen molar-refractivity contribution in [1.29, 1.82) is 0 Å². The highest BCUT2D eigenvalue weighted by Gasteiger charge is 2.33. The fraction of sp³-hybridized carbons (Fsp3) is 0.304. The molecule has 0 bridgehead atoms. The lowest BCUT2D eigenvalue weighted by molar-refractivity contribution is -0.132. The van der Waals surface area contributed by atoms with Crippen LogP contribution in [0, 0.1) is 11.8 Å². The third kappa shape index (κ3) is 6.71. The molecule has 7 heteroatoms. The van der Waals surface area contributed by atoms with Gasteiger partial charge in [0, 0.05) is 28.8 Å². The predicted molar refractivity (Wildman–Crippen MR) is 114 cm³/mol. The third-order valence-electron chi connectivity index (χ3n) is 4.32. The van der Waals surface area contributed by atoms with Crippen molar-refractivity contribution in [2.45, 2.75) is 39.0 Å². The van der Waals surface area contributed by atoms with Gasteiger partial charge in [0.25, 0.3) is 11.8 Å². The van der Waals surface area contributed by atoms with Gasteiger partial charge in [0.2, 0.25) is 0 Å². The molecule has 0 aliphatic rings. The molecule has 0 saturated carbocycles. The van der Waals surface area contributed by atoms with Crippen molar-refractivity contribution >= 4 is 11.8 Å². The van der Waals surface area contributed by atoms with Crippen LogP contribution in [-0.2, 0) is 16.1 Å². The quantitative estimate of drug-likeness (QED) is 0.317. The van der Waals surface area contributed by atoms with Crippen LogP contribution in [0.25, 0.3) is 0 Å². The molecule has 7 nitrogen and oxygen atoms in total. The number of carbonyl (C=O) groups is 2. The zero-order valence-corrected chi connectivity index (χ0v) is 17.4. The number of amides is 2. The molecule has 0 spiro atoms. The van der Waals surface area contributed by atoms with Crippen LogP contribution >= 0.6 is 0 Å². The summed E-state index contributed by atoms with van der Waals surface area (Å²) in [6.07, 6.45) is 0.